The number of amides is 4. The molecule has 3 aliphatic rings. The molecule has 1 atom stereocenters. The number of imide groups is 1. The normalized spacial score (nSPS) is 24.0. The Hall–Kier alpha value is -2.41. The Balaban J connectivity index is 1.40. The largest absolute Gasteiger partial charge is 0.340 e. The minimum Gasteiger partial charge on any atom is -0.340 e. The molecular formula is C24H34N4O3. The molecule has 31 heavy (non-hydrogen) atoms. The number of rotatable bonds is 5. The van der Waals surface area contributed by atoms with Crippen LogP contribution in [0, 0.1) is 6.92 Å². The summed E-state index contributed by atoms with van der Waals surface area (Å²) >= 11 is 0. The van der Waals surface area contributed by atoms with Crippen molar-refractivity contribution in [1.82, 2.24) is 20.0 Å². The van der Waals surface area contributed by atoms with E-state index in [0.29, 0.717) is 32.4 Å². The first-order valence-electron chi connectivity index (χ1n) is 11.6. The summed E-state index contributed by atoms with van der Waals surface area (Å²) in [5.41, 5.74) is 1.38. The topological polar surface area (TPSA) is 73.0 Å². The second-order valence-corrected chi connectivity index (χ2v) is 9.33. The third-order valence-corrected chi connectivity index (χ3v) is 6.99. The van der Waals surface area contributed by atoms with Crippen LogP contribution in [-0.2, 0) is 16.0 Å². The molecule has 168 valence electrons. The van der Waals surface area contributed by atoms with Gasteiger partial charge in [-0.3, -0.25) is 14.5 Å². The molecule has 3 heterocycles. The number of hydrogen-bond acceptors (Lipinski definition) is 4. The van der Waals surface area contributed by atoms with Crippen molar-refractivity contribution in [2.24, 2.45) is 0 Å². The van der Waals surface area contributed by atoms with E-state index in [9.17, 15) is 14.4 Å². The van der Waals surface area contributed by atoms with Crippen molar-refractivity contribution in [3.63, 3.8) is 0 Å². The van der Waals surface area contributed by atoms with Gasteiger partial charge in [-0.15, -0.1) is 0 Å². The molecule has 0 saturated carbocycles. The highest BCUT2D eigenvalue weighted by molar-refractivity contribution is 6.07. The molecule has 7 nitrogen and oxygen atoms in total. The molecule has 3 aliphatic heterocycles. The maximum absolute atomic E-state index is 13.4. The van der Waals surface area contributed by atoms with Crippen LogP contribution in [-0.4, -0.2) is 76.8 Å². The van der Waals surface area contributed by atoms with E-state index >= 15 is 0 Å². The van der Waals surface area contributed by atoms with Gasteiger partial charge in [-0.1, -0.05) is 36.8 Å². The van der Waals surface area contributed by atoms with Gasteiger partial charge in [-0.25, -0.2) is 4.79 Å². The summed E-state index contributed by atoms with van der Waals surface area (Å²) in [6.45, 7) is 7.99. The second-order valence-electron chi connectivity index (χ2n) is 9.33. The number of urea groups is 1. The molecule has 1 aromatic carbocycles. The minimum absolute atomic E-state index is 0.0601. The summed E-state index contributed by atoms with van der Waals surface area (Å²) in [6.07, 6.45) is 4.33. The van der Waals surface area contributed by atoms with E-state index in [2.05, 4.69) is 17.1 Å². The van der Waals surface area contributed by atoms with Crippen LogP contribution in [0.4, 0.5) is 4.79 Å². The highest BCUT2D eigenvalue weighted by atomic mass is 16.2. The number of hydrogen-bond donors (Lipinski definition) is 1. The van der Waals surface area contributed by atoms with Crippen molar-refractivity contribution in [2.45, 2.75) is 64.0 Å². The minimum atomic E-state index is -0.755. The molecule has 0 aliphatic carbocycles. The molecule has 3 fully saturated rings. The van der Waals surface area contributed by atoms with Gasteiger partial charge in [0.05, 0.1) is 12.5 Å². The van der Waals surface area contributed by atoms with Gasteiger partial charge in [0.1, 0.15) is 5.54 Å². The number of piperidine rings is 2. The van der Waals surface area contributed by atoms with Crippen LogP contribution in [0.5, 0.6) is 0 Å². The number of likely N-dealkylation sites (tertiary alicyclic amines) is 2. The number of nitrogens with one attached hydrogen (secondary N) is 1. The van der Waals surface area contributed by atoms with Gasteiger partial charge in [0.15, 0.2) is 0 Å². The average molecular weight is 427 g/mol. The van der Waals surface area contributed by atoms with Gasteiger partial charge in [0.25, 0.3) is 5.91 Å². The zero-order chi connectivity index (χ0) is 22.0. The first-order valence-corrected chi connectivity index (χ1v) is 11.6. The van der Waals surface area contributed by atoms with Crippen molar-refractivity contribution in [1.29, 1.82) is 0 Å². The van der Waals surface area contributed by atoms with Crippen LogP contribution < -0.4 is 5.32 Å². The lowest BCUT2D eigenvalue weighted by Gasteiger charge is -2.39. The molecule has 4 rings (SSSR count). The summed E-state index contributed by atoms with van der Waals surface area (Å²) in [6, 6.07) is 7.47. The number of aryl methyl sites for hydroxylation is 1. The Morgan fingerprint density at radius 2 is 1.97 bits per heavy atom. The number of carbonyl (C=O) groups excluding carboxylic acids is 3. The van der Waals surface area contributed by atoms with Crippen molar-refractivity contribution in [3.8, 4) is 0 Å². The molecule has 4 amide bonds. The lowest BCUT2D eigenvalue weighted by atomic mass is 9.87. The fourth-order valence-electron chi connectivity index (χ4n) is 5.29. The van der Waals surface area contributed by atoms with Crippen molar-refractivity contribution in [3.05, 3.63) is 35.4 Å². The molecule has 3 saturated heterocycles. The molecule has 1 N–H and O–H groups in total. The molecule has 1 spiro atoms. The van der Waals surface area contributed by atoms with E-state index in [1.54, 1.807) is 0 Å². The van der Waals surface area contributed by atoms with Crippen LogP contribution in [0.2, 0.25) is 0 Å². The van der Waals surface area contributed by atoms with E-state index in [1.165, 1.54) is 4.90 Å². The first-order chi connectivity index (χ1) is 14.9. The maximum Gasteiger partial charge on any atom is 0.325 e. The van der Waals surface area contributed by atoms with Crippen LogP contribution in [0.15, 0.2) is 24.3 Å². The lowest BCUT2D eigenvalue weighted by molar-refractivity contribution is -0.138. The van der Waals surface area contributed by atoms with Crippen LogP contribution in [0.3, 0.4) is 0 Å². The highest BCUT2D eigenvalue weighted by Gasteiger charge is 2.54. The third kappa shape index (κ3) is 4.47. The fraction of sp³-hybridized carbons (Fsp3) is 0.625. The molecule has 1 aromatic rings. The first kappa shape index (κ1) is 21.8. The third-order valence-electron chi connectivity index (χ3n) is 6.99. The van der Waals surface area contributed by atoms with E-state index < -0.39 is 5.54 Å². The number of nitrogens with zero attached hydrogens (tertiary/aromatic N) is 3. The molecule has 0 bridgehead atoms. The smallest absolute Gasteiger partial charge is 0.325 e. The van der Waals surface area contributed by atoms with E-state index in [-0.39, 0.29) is 23.9 Å². The van der Waals surface area contributed by atoms with Gasteiger partial charge in [-0.05, 0) is 51.1 Å². The summed E-state index contributed by atoms with van der Waals surface area (Å²) in [5, 5.41) is 3.03. The Morgan fingerprint density at radius 1 is 1.19 bits per heavy atom. The van der Waals surface area contributed by atoms with Gasteiger partial charge >= 0.3 is 6.03 Å². The molecule has 7 heteroatoms. The van der Waals surface area contributed by atoms with E-state index in [0.717, 1.165) is 50.0 Å². The Labute approximate surface area is 184 Å². The Bertz CT molecular complexity index is 847. The van der Waals surface area contributed by atoms with Gasteiger partial charge < -0.3 is 15.1 Å². The fourth-order valence-corrected chi connectivity index (χ4v) is 5.29. The molecule has 0 aromatic heterocycles. The van der Waals surface area contributed by atoms with Crippen molar-refractivity contribution >= 4 is 17.8 Å². The zero-order valence-corrected chi connectivity index (χ0v) is 18.7. The monoisotopic (exact) mass is 426 g/mol. The molecular weight excluding hydrogens is 392 g/mol. The van der Waals surface area contributed by atoms with Crippen molar-refractivity contribution in [2.75, 3.05) is 32.7 Å². The van der Waals surface area contributed by atoms with E-state index in [4.69, 9.17) is 0 Å². The number of benzene rings is 1. The quantitative estimate of drug-likeness (QED) is 0.734. The maximum atomic E-state index is 13.4. The molecule has 0 unspecified atom stereocenters. The van der Waals surface area contributed by atoms with Gasteiger partial charge in [0.2, 0.25) is 5.91 Å². The summed E-state index contributed by atoms with van der Waals surface area (Å²) < 4.78 is 0. The van der Waals surface area contributed by atoms with Crippen LogP contribution >= 0.6 is 0 Å². The summed E-state index contributed by atoms with van der Waals surface area (Å²) in [4.78, 5) is 44.8. The van der Waals surface area contributed by atoms with Gasteiger partial charge in [0, 0.05) is 26.2 Å². The van der Waals surface area contributed by atoms with E-state index in [1.807, 2.05) is 36.1 Å². The predicted molar refractivity (Wildman–Crippen MR) is 119 cm³/mol. The van der Waals surface area contributed by atoms with Crippen LogP contribution in [0.25, 0.3) is 0 Å². The average Bonchev–Trinajstić information content (AvgIpc) is 2.99. The summed E-state index contributed by atoms with van der Waals surface area (Å²) in [7, 11) is 0. The predicted octanol–water partition coefficient (Wildman–Crippen LogP) is 2.32. The van der Waals surface area contributed by atoms with Crippen LogP contribution in [0.1, 0.15) is 50.2 Å². The standard InChI is InChI=1S/C24H34N4O3/c1-3-11-26-13-9-24(10-14-26)22(30)28(23(31)25-24)20-8-5-12-27(17-20)21(29)16-19-7-4-6-18(2)15-19/h4,6-7,15,20H,3,5,8-14,16-17H2,1-2H3,(H,25,31)/t20-/m0/s1. The zero-order valence-electron chi connectivity index (χ0n) is 18.7. The highest BCUT2D eigenvalue weighted by Crippen LogP contribution is 2.32. The Kier molecular flexibility index (Phi) is 6.32. The SMILES string of the molecule is CCCN1CCC2(CC1)NC(=O)N([C@H]1CCCN(C(=O)Cc3cccc(C)c3)C1)C2=O. The molecule has 0 radical (unpaired) electrons. The van der Waals surface area contributed by atoms with Gasteiger partial charge in [-0.2, -0.15) is 0 Å². The lowest BCUT2D eigenvalue weighted by Crippen LogP contribution is -2.56. The number of carbonyl (C=O) groups is 3. The second kappa shape index (κ2) is 8.99. The Morgan fingerprint density at radius 3 is 2.68 bits per heavy atom. The summed E-state index contributed by atoms with van der Waals surface area (Å²) in [5.74, 6) is -0.0310. The van der Waals surface area contributed by atoms with Crippen molar-refractivity contribution < 1.29 is 14.4 Å².